The molecule has 0 saturated heterocycles. The Labute approximate surface area is 105 Å². The summed E-state index contributed by atoms with van der Waals surface area (Å²) in [7, 11) is 1.94. The summed E-state index contributed by atoms with van der Waals surface area (Å²) in [5, 5.41) is 7.34. The van der Waals surface area contributed by atoms with E-state index < -0.39 is 0 Å². The Morgan fingerprint density at radius 3 is 3.28 bits per heavy atom. The van der Waals surface area contributed by atoms with E-state index >= 15 is 0 Å². The Kier molecular flexibility index (Phi) is 2.75. The standard InChI is InChI=1S/C11H16N6O/c1-3-17(2)11-15-10(18-16-11)8-4-7-9(5-12-8)14-6-13-7/h6,8,12H,3-5H2,1-2H3,(H,13,14). The van der Waals surface area contributed by atoms with E-state index in [1.165, 1.54) is 0 Å². The molecule has 7 heteroatoms. The summed E-state index contributed by atoms with van der Waals surface area (Å²) < 4.78 is 5.32. The van der Waals surface area contributed by atoms with Gasteiger partial charge in [0.05, 0.1) is 23.8 Å². The fraction of sp³-hybridized carbons (Fsp3) is 0.545. The van der Waals surface area contributed by atoms with Crippen LogP contribution in [0.3, 0.4) is 0 Å². The Bertz CT molecular complexity index is 533. The zero-order valence-electron chi connectivity index (χ0n) is 10.5. The van der Waals surface area contributed by atoms with Crippen LogP contribution in [0.15, 0.2) is 10.9 Å². The number of H-pyrrole nitrogens is 1. The maximum atomic E-state index is 5.32. The number of anilines is 1. The van der Waals surface area contributed by atoms with Crippen LogP contribution in [0.1, 0.15) is 30.2 Å². The predicted octanol–water partition coefficient (Wildman–Crippen LogP) is 0.636. The van der Waals surface area contributed by atoms with Gasteiger partial charge in [-0.3, -0.25) is 5.32 Å². The minimum atomic E-state index is 0.0484. The lowest BCUT2D eigenvalue weighted by Gasteiger charge is -2.19. The largest absolute Gasteiger partial charge is 0.347 e. The lowest BCUT2D eigenvalue weighted by molar-refractivity contribution is 0.319. The molecule has 0 saturated carbocycles. The van der Waals surface area contributed by atoms with E-state index in [0.717, 1.165) is 30.9 Å². The molecule has 0 aromatic carbocycles. The third kappa shape index (κ3) is 1.86. The lowest BCUT2D eigenvalue weighted by atomic mass is 10.1. The molecular formula is C11H16N6O. The second-order valence-corrected chi connectivity index (χ2v) is 4.41. The van der Waals surface area contributed by atoms with Gasteiger partial charge in [0, 0.05) is 26.6 Å². The van der Waals surface area contributed by atoms with Gasteiger partial charge in [0.25, 0.3) is 5.95 Å². The first-order valence-corrected chi connectivity index (χ1v) is 6.07. The number of aromatic amines is 1. The van der Waals surface area contributed by atoms with E-state index in [1.807, 2.05) is 18.9 Å². The summed E-state index contributed by atoms with van der Waals surface area (Å²) in [6.07, 6.45) is 2.50. The summed E-state index contributed by atoms with van der Waals surface area (Å²) in [4.78, 5) is 13.8. The molecule has 1 atom stereocenters. The Hall–Kier alpha value is -1.89. The second-order valence-electron chi connectivity index (χ2n) is 4.41. The van der Waals surface area contributed by atoms with Crippen molar-refractivity contribution >= 4 is 5.95 Å². The number of nitrogens with zero attached hydrogens (tertiary/aromatic N) is 4. The first-order chi connectivity index (χ1) is 8.78. The van der Waals surface area contributed by atoms with Gasteiger partial charge >= 0.3 is 0 Å². The molecule has 0 bridgehead atoms. The molecule has 0 fully saturated rings. The van der Waals surface area contributed by atoms with Crippen LogP contribution in [0.25, 0.3) is 0 Å². The van der Waals surface area contributed by atoms with Crippen LogP contribution >= 0.6 is 0 Å². The maximum absolute atomic E-state index is 5.32. The number of fused-ring (bicyclic) bond motifs is 1. The molecule has 2 aromatic heterocycles. The first kappa shape index (κ1) is 11.2. The average Bonchev–Trinajstić information content (AvgIpc) is 3.05. The average molecular weight is 248 g/mol. The summed E-state index contributed by atoms with van der Waals surface area (Å²) in [5.74, 6) is 1.25. The molecule has 0 spiro atoms. The predicted molar refractivity (Wildman–Crippen MR) is 65.1 cm³/mol. The topological polar surface area (TPSA) is 82.9 Å². The maximum Gasteiger partial charge on any atom is 0.265 e. The smallest absolute Gasteiger partial charge is 0.265 e. The van der Waals surface area contributed by atoms with Crippen LogP contribution in [0.4, 0.5) is 5.95 Å². The summed E-state index contributed by atoms with van der Waals surface area (Å²) in [6, 6.07) is 0.0484. The zero-order chi connectivity index (χ0) is 12.5. The van der Waals surface area contributed by atoms with Crippen molar-refractivity contribution in [2.24, 2.45) is 0 Å². The molecule has 1 aliphatic rings. The molecule has 0 amide bonds. The molecule has 96 valence electrons. The van der Waals surface area contributed by atoms with Gasteiger partial charge in [-0.25, -0.2) is 4.98 Å². The van der Waals surface area contributed by atoms with Crippen LogP contribution in [-0.4, -0.2) is 33.7 Å². The fourth-order valence-electron chi connectivity index (χ4n) is 2.01. The Morgan fingerprint density at radius 1 is 1.56 bits per heavy atom. The quantitative estimate of drug-likeness (QED) is 0.829. The fourth-order valence-corrected chi connectivity index (χ4v) is 2.01. The van der Waals surface area contributed by atoms with E-state index in [4.69, 9.17) is 4.52 Å². The highest BCUT2D eigenvalue weighted by atomic mass is 16.5. The molecule has 0 radical (unpaired) electrons. The van der Waals surface area contributed by atoms with Gasteiger partial charge in [-0.05, 0) is 12.1 Å². The van der Waals surface area contributed by atoms with Gasteiger partial charge in [-0.15, -0.1) is 0 Å². The van der Waals surface area contributed by atoms with E-state index in [0.29, 0.717) is 11.8 Å². The number of hydrogen-bond donors (Lipinski definition) is 2. The van der Waals surface area contributed by atoms with Crippen molar-refractivity contribution in [3.8, 4) is 0 Å². The number of aromatic nitrogens is 4. The van der Waals surface area contributed by atoms with Gasteiger partial charge in [-0.2, -0.15) is 4.98 Å². The van der Waals surface area contributed by atoms with Crippen molar-refractivity contribution in [1.29, 1.82) is 0 Å². The minimum absolute atomic E-state index is 0.0484. The lowest BCUT2D eigenvalue weighted by Crippen LogP contribution is -2.29. The highest BCUT2D eigenvalue weighted by Crippen LogP contribution is 2.23. The van der Waals surface area contributed by atoms with E-state index in [1.54, 1.807) is 6.33 Å². The van der Waals surface area contributed by atoms with Crippen molar-refractivity contribution < 1.29 is 4.52 Å². The monoisotopic (exact) mass is 248 g/mol. The van der Waals surface area contributed by atoms with Crippen LogP contribution in [0.5, 0.6) is 0 Å². The molecule has 3 rings (SSSR count). The van der Waals surface area contributed by atoms with Crippen molar-refractivity contribution in [3.05, 3.63) is 23.6 Å². The summed E-state index contributed by atoms with van der Waals surface area (Å²) in [5.41, 5.74) is 2.21. The third-order valence-electron chi connectivity index (χ3n) is 3.28. The summed E-state index contributed by atoms with van der Waals surface area (Å²) >= 11 is 0. The van der Waals surface area contributed by atoms with Gasteiger partial charge < -0.3 is 14.4 Å². The van der Waals surface area contributed by atoms with E-state index in [-0.39, 0.29) is 6.04 Å². The molecular weight excluding hydrogens is 232 g/mol. The molecule has 1 aliphatic heterocycles. The summed E-state index contributed by atoms with van der Waals surface area (Å²) in [6.45, 7) is 3.65. The highest BCUT2D eigenvalue weighted by Gasteiger charge is 2.26. The van der Waals surface area contributed by atoms with Gasteiger partial charge in [-0.1, -0.05) is 0 Å². The second kappa shape index (κ2) is 4.41. The molecule has 1 unspecified atom stereocenters. The number of imidazole rings is 1. The van der Waals surface area contributed by atoms with Crippen LogP contribution in [0, 0.1) is 0 Å². The van der Waals surface area contributed by atoms with Crippen LogP contribution in [0.2, 0.25) is 0 Å². The number of nitrogens with one attached hydrogen (secondary N) is 2. The van der Waals surface area contributed by atoms with Crippen molar-refractivity contribution in [1.82, 2.24) is 25.4 Å². The van der Waals surface area contributed by atoms with Crippen molar-refractivity contribution in [2.75, 3.05) is 18.5 Å². The van der Waals surface area contributed by atoms with Gasteiger partial charge in [0.15, 0.2) is 0 Å². The van der Waals surface area contributed by atoms with Gasteiger partial charge in [0.1, 0.15) is 0 Å². The molecule has 18 heavy (non-hydrogen) atoms. The number of hydrogen-bond acceptors (Lipinski definition) is 6. The van der Waals surface area contributed by atoms with Crippen molar-refractivity contribution in [2.45, 2.75) is 25.9 Å². The van der Waals surface area contributed by atoms with Crippen LogP contribution in [-0.2, 0) is 13.0 Å². The molecule has 2 N–H and O–H groups in total. The molecule has 0 aliphatic carbocycles. The zero-order valence-corrected chi connectivity index (χ0v) is 10.5. The van der Waals surface area contributed by atoms with Gasteiger partial charge in [0.2, 0.25) is 5.89 Å². The Morgan fingerprint density at radius 2 is 2.44 bits per heavy atom. The Balaban J connectivity index is 1.78. The molecule has 3 heterocycles. The third-order valence-corrected chi connectivity index (χ3v) is 3.28. The highest BCUT2D eigenvalue weighted by molar-refractivity contribution is 5.26. The molecule has 2 aromatic rings. The van der Waals surface area contributed by atoms with E-state index in [9.17, 15) is 0 Å². The van der Waals surface area contributed by atoms with E-state index in [2.05, 4.69) is 25.4 Å². The normalized spacial score (nSPS) is 18.7. The minimum Gasteiger partial charge on any atom is -0.347 e. The molecule has 7 nitrogen and oxygen atoms in total. The van der Waals surface area contributed by atoms with Crippen molar-refractivity contribution in [3.63, 3.8) is 0 Å². The SMILES string of the molecule is CCN(C)c1noc(C2Cc3nc[nH]c3CN2)n1. The van der Waals surface area contributed by atoms with Crippen LogP contribution < -0.4 is 10.2 Å². The number of rotatable bonds is 3. The first-order valence-electron chi connectivity index (χ1n) is 6.07.